The molecule has 2 atom stereocenters. The maximum absolute atomic E-state index is 12.0. The summed E-state index contributed by atoms with van der Waals surface area (Å²) in [4.78, 5) is 23.7. The van der Waals surface area contributed by atoms with Gasteiger partial charge in [0.1, 0.15) is 6.04 Å². The van der Waals surface area contributed by atoms with E-state index in [0.29, 0.717) is 10.6 Å². The third-order valence-electron chi connectivity index (χ3n) is 3.06. The van der Waals surface area contributed by atoms with E-state index in [9.17, 15) is 9.59 Å². The number of nitrogens with one attached hydrogen (secondary N) is 1. The van der Waals surface area contributed by atoms with Gasteiger partial charge in [0.05, 0.1) is 7.11 Å². The first kappa shape index (κ1) is 15.5. The van der Waals surface area contributed by atoms with Crippen LogP contribution in [0.1, 0.15) is 30.6 Å². The molecular weight excluding hydrogens is 266 g/mol. The number of methoxy groups -OCH3 is 1. The van der Waals surface area contributed by atoms with Crippen molar-refractivity contribution in [2.75, 3.05) is 7.11 Å². The predicted octanol–water partition coefficient (Wildman–Crippen LogP) is 2.66. The molecule has 104 valence electrons. The Kier molecular flexibility index (Phi) is 5.83. The maximum atomic E-state index is 12.0. The second-order valence-corrected chi connectivity index (χ2v) is 4.80. The molecule has 0 aromatic heterocycles. The molecule has 0 radical (unpaired) electrons. The fourth-order valence-electron chi connectivity index (χ4n) is 1.62. The molecule has 0 fully saturated rings. The molecule has 0 heterocycles. The first-order chi connectivity index (χ1) is 8.99. The SMILES string of the molecule is CC[C@@H](C)[C@H](NC(=O)c1ccc(Cl)cc1)C(=O)OC. The van der Waals surface area contributed by atoms with E-state index in [0.717, 1.165) is 6.42 Å². The standard InChI is InChI=1S/C14H18ClNO3/c1-4-9(2)12(14(18)19-3)16-13(17)10-5-7-11(15)8-6-10/h5-9,12H,4H2,1-3H3,(H,16,17)/t9-,12+/m1/s1. The second kappa shape index (κ2) is 7.14. The summed E-state index contributed by atoms with van der Waals surface area (Å²) in [7, 11) is 1.31. The molecule has 1 N–H and O–H groups in total. The monoisotopic (exact) mass is 283 g/mol. The lowest BCUT2D eigenvalue weighted by molar-refractivity contribution is -0.144. The molecule has 1 aromatic rings. The highest BCUT2D eigenvalue weighted by molar-refractivity contribution is 6.30. The number of benzene rings is 1. The van der Waals surface area contributed by atoms with E-state index in [1.165, 1.54) is 7.11 Å². The fraction of sp³-hybridized carbons (Fsp3) is 0.429. The molecule has 1 amide bonds. The molecule has 0 unspecified atom stereocenters. The summed E-state index contributed by atoms with van der Waals surface area (Å²) in [6, 6.07) is 5.85. The molecule has 0 saturated carbocycles. The normalized spacial score (nSPS) is 13.5. The molecule has 19 heavy (non-hydrogen) atoms. The number of carbonyl (C=O) groups excluding carboxylic acids is 2. The largest absolute Gasteiger partial charge is 0.467 e. The van der Waals surface area contributed by atoms with Crippen molar-refractivity contribution in [1.29, 1.82) is 0 Å². The van der Waals surface area contributed by atoms with Crippen LogP contribution in [0.4, 0.5) is 0 Å². The minimum Gasteiger partial charge on any atom is -0.467 e. The second-order valence-electron chi connectivity index (χ2n) is 4.37. The molecule has 0 bridgehead atoms. The van der Waals surface area contributed by atoms with Gasteiger partial charge in [0.15, 0.2) is 0 Å². The van der Waals surface area contributed by atoms with Gasteiger partial charge in [-0.2, -0.15) is 0 Å². The first-order valence-electron chi connectivity index (χ1n) is 6.13. The number of halogens is 1. The number of hydrogen-bond donors (Lipinski definition) is 1. The van der Waals surface area contributed by atoms with E-state index < -0.39 is 12.0 Å². The van der Waals surface area contributed by atoms with Crippen molar-refractivity contribution >= 4 is 23.5 Å². The van der Waals surface area contributed by atoms with Gasteiger partial charge in [-0.3, -0.25) is 4.79 Å². The average Bonchev–Trinajstić information content (AvgIpc) is 2.43. The van der Waals surface area contributed by atoms with Crippen LogP contribution in [0, 0.1) is 5.92 Å². The smallest absolute Gasteiger partial charge is 0.328 e. The van der Waals surface area contributed by atoms with Crippen LogP contribution in [0.3, 0.4) is 0 Å². The lowest BCUT2D eigenvalue weighted by atomic mass is 9.99. The van der Waals surface area contributed by atoms with Gasteiger partial charge in [0.2, 0.25) is 0 Å². The average molecular weight is 284 g/mol. The quantitative estimate of drug-likeness (QED) is 0.845. The van der Waals surface area contributed by atoms with Crippen LogP contribution in [0.15, 0.2) is 24.3 Å². The van der Waals surface area contributed by atoms with Crippen LogP contribution in [0.5, 0.6) is 0 Å². The Hall–Kier alpha value is -1.55. The highest BCUT2D eigenvalue weighted by Gasteiger charge is 2.26. The Labute approximate surface area is 118 Å². The van der Waals surface area contributed by atoms with Crippen molar-refractivity contribution < 1.29 is 14.3 Å². The van der Waals surface area contributed by atoms with Crippen molar-refractivity contribution in [1.82, 2.24) is 5.32 Å². The minimum absolute atomic E-state index is 0.00343. The fourth-order valence-corrected chi connectivity index (χ4v) is 1.75. The van der Waals surface area contributed by atoms with Crippen molar-refractivity contribution in [3.05, 3.63) is 34.9 Å². The Morgan fingerprint density at radius 3 is 2.37 bits per heavy atom. The molecule has 5 heteroatoms. The highest BCUT2D eigenvalue weighted by Crippen LogP contribution is 2.12. The topological polar surface area (TPSA) is 55.4 Å². The zero-order chi connectivity index (χ0) is 14.4. The maximum Gasteiger partial charge on any atom is 0.328 e. The van der Waals surface area contributed by atoms with Crippen LogP contribution < -0.4 is 5.32 Å². The Bertz CT molecular complexity index is 445. The van der Waals surface area contributed by atoms with Crippen molar-refractivity contribution in [3.63, 3.8) is 0 Å². The van der Waals surface area contributed by atoms with Gasteiger partial charge in [0.25, 0.3) is 5.91 Å². The van der Waals surface area contributed by atoms with Gasteiger partial charge in [0, 0.05) is 10.6 Å². The zero-order valence-electron chi connectivity index (χ0n) is 11.3. The van der Waals surface area contributed by atoms with Gasteiger partial charge in [-0.15, -0.1) is 0 Å². The molecule has 4 nitrogen and oxygen atoms in total. The first-order valence-corrected chi connectivity index (χ1v) is 6.51. The van der Waals surface area contributed by atoms with Crippen molar-refractivity contribution in [2.24, 2.45) is 5.92 Å². The van der Waals surface area contributed by atoms with E-state index >= 15 is 0 Å². The van der Waals surface area contributed by atoms with Crippen LogP contribution in [0.25, 0.3) is 0 Å². The predicted molar refractivity (Wildman–Crippen MR) is 74.2 cm³/mol. The molecule has 1 rings (SSSR count). The van der Waals surface area contributed by atoms with Crippen LogP contribution in [-0.2, 0) is 9.53 Å². The van der Waals surface area contributed by atoms with Crippen molar-refractivity contribution in [3.8, 4) is 0 Å². The third-order valence-corrected chi connectivity index (χ3v) is 3.31. The third kappa shape index (κ3) is 4.24. The number of rotatable bonds is 5. The van der Waals surface area contributed by atoms with Crippen LogP contribution >= 0.6 is 11.6 Å². The molecule has 0 saturated heterocycles. The van der Waals surface area contributed by atoms with E-state index in [1.54, 1.807) is 24.3 Å². The number of hydrogen-bond acceptors (Lipinski definition) is 3. The molecule has 1 aromatic carbocycles. The van der Waals surface area contributed by atoms with Gasteiger partial charge in [-0.25, -0.2) is 4.79 Å². The highest BCUT2D eigenvalue weighted by atomic mass is 35.5. The number of amides is 1. The summed E-state index contributed by atoms with van der Waals surface area (Å²) < 4.78 is 4.72. The zero-order valence-corrected chi connectivity index (χ0v) is 12.0. The number of ether oxygens (including phenoxy) is 1. The molecule has 0 aliphatic carbocycles. The summed E-state index contributed by atoms with van der Waals surface area (Å²) in [5.41, 5.74) is 0.460. The molecular formula is C14H18ClNO3. The van der Waals surface area contributed by atoms with Crippen molar-refractivity contribution in [2.45, 2.75) is 26.3 Å². The van der Waals surface area contributed by atoms with Crippen LogP contribution in [-0.4, -0.2) is 25.0 Å². The number of carbonyl (C=O) groups is 2. The summed E-state index contributed by atoms with van der Waals surface area (Å²) >= 11 is 5.76. The van der Waals surface area contributed by atoms with Gasteiger partial charge in [-0.1, -0.05) is 31.9 Å². The Morgan fingerprint density at radius 1 is 1.32 bits per heavy atom. The Morgan fingerprint density at radius 2 is 1.89 bits per heavy atom. The minimum atomic E-state index is -0.641. The lowest BCUT2D eigenvalue weighted by Gasteiger charge is -2.21. The van der Waals surface area contributed by atoms with E-state index in [4.69, 9.17) is 16.3 Å². The Balaban J connectivity index is 2.81. The van der Waals surface area contributed by atoms with E-state index in [-0.39, 0.29) is 11.8 Å². The van der Waals surface area contributed by atoms with Gasteiger partial charge < -0.3 is 10.1 Å². The summed E-state index contributed by atoms with van der Waals surface area (Å²) in [6.07, 6.45) is 0.765. The van der Waals surface area contributed by atoms with Gasteiger partial charge in [-0.05, 0) is 30.2 Å². The summed E-state index contributed by atoms with van der Waals surface area (Å²) in [5.74, 6) is -0.743. The van der Waals surface area contributed by atoms with Crippen LogP contribution in [0.2, 0.25) is 5.02 Å². The molecule has 0 spiro atoms. The van der Waals surface area contributed by atoms with E-state index in [2.05, 4.69) is 5.32 Å². The summed E-state index contributed by atoms with van der Waals surface area (Å²) in [5, 5.41) is 3.26. The summed E-state index contributed by atoms with van der Waals surface area (Å²) in [6.45, 7) is 3.85. The van der Waals surface area contributed by atoms with Gasteiger partial charge >= 0.3 is 5.97 Å². The number of esters is 1. The lowest BCUT2D eigenvalue weighted by Crippen LogP contribution is -2.45. The molecule has 0 aliphatic rings. The molecule has 0 aliphatic heterocycles. The van der Waals surface area contributed by atoms with E-state index in [1.807, 2.05) is 13.8 Å².